The Morgan fingerprint density at radius 3 is 2.94 bits per heavy atom. The maximum absolute atomic E-state index is 10.1. The highest BCUT2D eigenvalue weighted by molar-refractivity contribution is 9.10. The van der Waals surface area contributed by atoms with Gasteiger partial charge in [-0.15, -0.1) is 0 Å². The lowest BCUT2D eigenvalue weighted by Crippen LogP contribution is -1.99. The lowest BCUT2D eigenvalue weighted by Gasteiger charge is -2.12. The molecule has 2 aromatic rings. The van der Waals surface area contributed by atoms with Crippen LogP contribution in [0.3, 0.4) is 0 Å². The second-order valence-electron chi connectivity index (χ2n) is 3.84. The molecule has 84 valence electrons. The summed E-state index contributed by atoms with van der Waals surface area (Å²) in [6, 6.07) is 7.83. The third-order valence-corrected chi connectivity index (χ3v) is 3.36. The van der Waals surface area contributed by atoms with E-state index in [1.54, 1.807) is 6.20 Å². The fraction of sp³-hybridized carbons (Fsp3) is 0.308. The van der Waals surface area contributed by atoms with Crippen molar-refractivity contribution in [3.63, 3.8) is 0 Å². The quantitative estimate of drug-likeness (QED) is 0.926. The van der Waals surface area contributed by atoms with Crippen molar-refractivity contribution in [3.05, 3.63) is 40.5 Å². The number of nitrogens with zero attached hydrogens (tertiary/aromatic N) is 1. The molecule has 1 heterocycles. The number of fused-ring (bicyclic) bond motifs is 1. The summed E-state index contributed by atoms with van der Waals surface area (Å²) >= 11 is 3.50. The SMILES string of the molecule is CCCC(O)c1ccc(Br)c2cccnc12. The van der Waals surface area contributed by atoms with Gasteiger partial charge in [-0.1, -0.05) is 41.4 Å². The first-order valence-corrected chi connectivity index (χ1v) is 6.24. The summed E-state index contributed by atoms with van der Waals surface area (Å²) in [6.07, 6.45) is 3.08. The molecule has 1 aromatic carbocycles. The minimum absolute atomic E-state index is 0.421. The molecule has 0 bridgehead atoms. The summed E-state index contributed by atoms with van der Waals surface area (Å²) in [5.74, 6) is 0. The van der Waals surface area contributed by atoms with Gasteiger partial charge in [-0.3, -0.25) is 4.98 Å². The van der Waals surface area contributed by atoms with E-state index in [2.05, 4.69) is 27.8 Å². The zero-order valence-corrected chi connectivity index (χ0v) is 10.7. The molecular weight excluding hydrogens is 266 g/mol. The van der Waals surface area contributed by atoms with Crippen LogP contribution in [-0.4, -0.2) is 10.1 Å². The lowest BCUT2D eigenvalue weighted by atomic mass is 10.0. The van der Waals surface area contributed by atoms with Gasteiger partial charge < -0.3 is 5.11 Å². The molecule has 0 aliphatic carbocycles. The summed E-state index contributed by atoms with van der Waals surface area (Å²) in [4.78, 5) is 4.36. The van der Waals surface area contributed by atoms with E-state index in [-0.39, 0.29) is 0 Å². The van der Waals surface area contributed by atoms with Crippen molar-refractivity contribution in [2.75, 3.05) is 0 Å². The Hall–Kier alpha value is -0.930. The molecule has 0 radical (unpaired) electrons. The van der Waals surface area contributed by atoms with Gasteiger partial charge >= 0.3 is 0 Å². The van der Waals surface area contributed by atoms with E-state index in [1.807, 2.05) is 24.3 Å². The molecule has 0 amide bonds. The number of aromatic nitrogens is 1. The monoisotopic (exact) mass is 279 g/mol. The number of benzene rings is 1. The Kier molecular flexibility index (Phi) is 3.56. The molecule has 0 fully saturated rings. The first kappa shape index (κ1) is 11.6. The van der Waals surface area contributed by atoms with E-state index >= 15 is 0 Å². The van der Waals surface area contributed by atoms with Crippen LogP contribution in [0.15, 0.2) is 34.9 Å². The molecule has 2 rings (SSSR count). The van der Waals surface area contributed by atoms with E-state index < -0.39 is 6.10 Å². The van der Waals surface area contributed by atoms with Crippen LogP contribution in [-0.2, 0) is 0 Å². The van der Waals surface area contributed by atoms with Crippen LogP contribution in [0.25, 0.3) is 10.9 Å². The topological polar surface area (TPSA) is 33.1 Å². The first-order chi connectivity index (χ1) is 7.74. The van der Waals surface area contributed by atoms with Gasteiger partial charge in [-0.25, -0.2) is 0 Å². The third-order valence-electron chi connectivity index (χ3n) is 2.67. The van der Waals surface area contributed by atoms with Crippen LogP contribution >= 0.6 is 15.9 Å². The number of rotatable bonds is 3. The van der Waals surface area contributed by atoms with Crippen molar-refractivity contribution in [3.8, 4) is 0 Å². The number of pyridine rings is 1. The Labute approximate surface area is 103 Å². The molecule has 3 heteroatoms. The number of hydrogen-bond donors (Lipinski definition) is 1. The van der Waals surface area contributed by atoms with Crippen LogP contribution in [0.5, 0.6) is 0 Å². The average Bonchev–Trinajstić information content (AvgIpc) is 2.30. The van der Waals surface area contributed by atoms with Crippen molar-refractivity contribution in [1.29, 1.82) is 0 Å². The normalized spacial score (nSPS) is 12.9. The van der Waals surface area contributed by atoms with Gasteiger partial charge in [0.25, 0.3) is 0 Å². The summed E-state index contributed by atoms with van der Waals surface area (Å²) in [5.41, 5.74) is 1.80. The van der Waals surface area contributed by atoms with Crippen LogP contribution in [0.1, 0.15) is 31.4 Å². The van der Waals surface area contributed by atoms with Crippen LogP contribution in [0.2, 0.25) is 0 Å². The number of hydrogen-bond acceptors (Lipinski definition) is 2. The molecular formula is C13H14BrNO. The number of aliphatic hydroxyl groups excluding tert-OH is 1. The molecule has 1 N–H and O–H groups in total. The molecule has 0 spiro atoms. The van der Waals surface area contributed by atoms with Gasteiger partial charge in [0, 0.05) is 21.6 Å². The van der Waals surface area contributed by atoms with Crippen molar-refractivity contribution >= 4 is 26.8 Å². The minimum Gasteiger partial charge on any atom is -0.388 e. The van der Waals surface area contributed by atoms with Gasteiger partial charge in [-0.05, 0) is 18.6 Å². The summed E-state index contributed by atoms with van der Waals surface area (Å²) in [6.45, 7) is 2.07. The fourth-order valence-electron chi connectivity index (χ4n) is 1.86. The maximum Gasteiger partial charge on any atom is 0.0811 e. The molecule has 0 aliphatic rings. The molecule has 1 aromatic heterocycles. The summed E-state index contributed by atoms with van der Waals surface area (Å²) in [5, 5.41) is 11.1. The lowest BCUT2D eigenvalue weighted by molar-refractivity contribution is 0.168. The maximum atomic E-state index is 10.1. The van der Waals surface area contributed by atoms with E-state index in [0.717, 1.165) is 33.8 Å². The number of halogens is 1. The molecule has 2 nitrogen and oxygen atoms in total. The molecule has 1 unspecified atom stereocenters. The van der Waals surface area contributed by atoms with Crippen molar-refractivity contribution in [1.82, 2.24) is 4.98 Å². The molecule has 1 atom stereocenters. The van der Waals surface area contributed by atoms with Gasteiger partial charge in [0.2, 0.25) is 0 Å². The first-order valence-electron chi connectivity index (χ1n) is 5.45. The molecule has 0 saturated carbocycles. The predicted molar refractivity (Wildman–Crippen MR) is 69.3 cm³/mol. The second kappa shape index (κ2) is 4.93. The number of aliphatic hydroxyl groups is 1. The smallest absolute Gasteiger partial charge is 0.0811 e. The highest BCUT2D eigenvalue weighted by Crippen LogP contribution is 2.30. The third kappa shape index (κ3) is 2.11. The Balaban J connectivity index is 2.58. The van der Waals surface area contributed by atoms with Gasteiger partial charge in [0.15, 0.2) is 0 Å². The predicted octanol–water partition coefficient (Wildman–Crippen LogP) is 3.83. The average molecular weight is 280 g/mol. The Morgan fingerprint density at radius 2 is 2.19 bits per heavy atom. The van der Waals surface area contributed by atoms with E-state index in [9.17, 15) is 5.11 Å². The highest BCUT2D eigenvalue weighted by Gasteiger charge is 2.12. The van der Waals surface area contributed by atoms with Crippen LogP contribution < -0.4 is 0 Å². The van der Waals surface area contributed by atoms with Crippen molar-refractivity contribution < 1.29 is 5.11 Å². The molecule has 16 heavy (non-hydrogen) atoms. The molecule has 0 saturated heterocycles. The van der Waals surface area contributed by atoms with Crippen molar-refractivity contribution in [2.24, 2.45) is 0 Å². The van der Waals surface area contributed by atoms with E-state index in [1.165, 1.54) is 0 Å². The van der Waals surface area contributed by atoms with E-state index in [4.69, 9.17) is 0 Å². The fourth-order valence-corrected chi connectivity index (χ4v) is 2.31. The van der Waals surface area contributed by atoms with Gasteiger partial charge in [-0.2, -0.15) is 0 Å². The van der Waals surface area contributed by atoms with Crippen LogP contribution in [0.4, 0.5) is 0 Å². The summed E-state index contributed by atoms with van der Waals surface area (Å²) in [7, 11) is 0. The standard InChI is InChI=1S/C13H14BrNO/c1-2-4-12(16)10-6-7-11(14)9-5-3-8-15-13(9)10/h3,5-8,12,16H,2,4H2,1H3. The van der Waals surface area contributed by atoms with Gasteiger partial charge in [0.1, 0.15) is 0 Å². The van der Waals surface area contributed by atoms with Crippen molar-refractivity contribution in [2.45, 2.75) is 25.9 Å². The minimum atomic E-state index is -0.421. The summed E-state index contributed by atoms with van der Waals surface area (Å²) < 4.78 is 1.02. The largest absolute Gasteiger partial charge is 0.388 e. The zero-order valence-electron chi connectivity index (χ0n) is 9.15. The van der Waals surface area contributed by atoms with Crippen LogP contribution in [0, 0.1) is 0 Å². The highest BCUT2D eigenvalue weighted by atomic mass is 79.9. The Morgan fingerprint density at radius 1 is 1.38 bits per heavy atom. The molecule has 0 aliphatic heterocycles. The Bertz CT molecular complexity index is 498. The zero-order chi connectivity index (χ0) is 11.5. The second-order valence-corrected chi connectivity index (χ2v) is 4.69. The van der Waals surface area contributed by atoms with Gasteiger partial charge in [0.05, 0.1) is 11.6 Å². The van der Waals surface area contributed by atoms with E-state index in [0.29, 0.717) is 0 Å².